The van der Waals surface area contributed by atoms with Crippen LogP contribution in [-0.4, -0.2) is 55.6 Å². The number of likely N-dealkylation sites (N-methyl/N-ethyl adjacent to an activating group) is 1. The Balaban J connectivity index is 1.88. The van der Waals surface area contributed by atoms with E-state index in [0.29, 0.717) is 6.04 Å². The van der Waals surface area contributed by atoms with Gasteiger partial charge in [-0.15, -0.1) is 0 Å². The molecule has 1 unspecified atom stereocenters. The summed E-state index contributed by atoms with van der Waals surface area (Å²) in [5.74, 6) is 0. The summed E-state index contributed by atoms with van der Waals surface area (Å²) >= 11 is 0. The lowest BCUT2D eigenvalue weighted by molar-refractivity contribution is 0.138. The maximum absolute atomic E-state index is 3.80. The lowest BCUT2D eigenvalue weighted by atomic mass is 9.92. The number of nitrogens with zero attached hydrogens (tertiary/aromatic N) is 2. The van der Waals surface area contributed by atoms with Crippen molar-refractivity contribution in [3.8, 4) is 0 Å². The van der Waals surface area contributed by atoms with Gasteiger partial charge in [0.2, 0.25) is 0 Å². The van der Waals surface area contributed by atoms with Crippen molar-refractivity contribution < 1.29 is 0 Å². The van der Waals surface area contributed by atoms with E-state index in [9.17, 15) is 0 Å². The smallest absolute Gasteiger partial charge is 0.0380 e. The van der Waals surface area contributed by atoms with Crippen molar-refractivity contribution in [1.29, 1.82) is 0 Å². The van der Waals surface area contributed by atoms with Crippen LogP contribution in [0.4, 0.5) is 0 Å². The fourth-order valence-corrected chi connectivity index (χ4v) is 3.13. The van der Waals surface area contributed by atoms with Crippen LogP contribution in [-0.2, 0) is 5.54 Å². The standard InChI is InChI=1S/C18H31N3/c1-15-6-8-17(9-7-15)18(3,4)19-16(2)14-21-12-10-20(5)11-13-21/h6-9,16,19H,10-14H2,1-5H3. The first-order valence-corrected chi connectivity index (χ1v) is 8.12. The molecule has 1 aliphatic rings. The maximum atomic E-state index is 3.80. The van der Waals surface area contributed by atoms with Crippen molar-refractivity contribution in [3.05, 3.63) is 35.4 Å². The van der Waals surface area contributed by atoms with Crippen LogP contribution in [0.3, 0.4) is 0 Å². The van der Waals surface area contributed by atoms with Crippen molar-refractivity contribution in [3.63, 3.8) is 0 Å². The summed E-state index contributed by atoms with van der Waals surface area (Å²) in [5.41, 5.74) is 2.69. The Kier molecular flexibility index (Phi) is 5.42. The number of piperazine rings is 1. The second kappa shape index (κ2) is 6.91. The molecule has 0 aromatic heterocycles. The number of benzene rings is 1. The van der Waals surface area contributed by atoms with E-state index in [4.69, 9.17) is 0 Å². The minimum atomic E-state index is 0.0136. The van der Waals surface area contributed by atoms with Gasteiger partial charge in [-0.1, -0.05) is 29.8 Å². The summed E-state index contributed by atoms with van der Waals surface area (Å²) in [5, 5.41) is 3.80. The molecule has 0 radical (unpaired) electrons. The second-order valence-electron chi connectivity index (χ2n) is 7.14. The molecule has 1 atom stereocenters. The topological polar surface area (TPSA) is 18.5 Å². The predicted molar refractivity (Wildman–Crippen MR) is 90.7 cm³/mol. The summed E-state index contributed by atoms with van der Waals surface area (Å²) in [6, 6.07) is 9.37. The number of rotatable bonds is 5. The molecule has 1 heterocycles. The summed E-state index contributed by atoms with van der Waals surface area (Å²) < 4.78 is 0. The third-order valence-corrected chi connectivity index (χ3v) is 4.51. The first-order valence-electron chi connectivity index (χ1n) is 8.12. The summed E-state index contributed by atoms with van der Waals surface area (Å²) in [4.78, 5) is 4.98. The zero-order valence-corrected chi connectivity index (χ0v) is 14.3. The highest BCUT2D eigenvalue weighted by Crippen LogP contribution is 2.21. The van der Waals surface area contributed by atoms with Crippen LogP contribution in [0.5, 0.6) is 0 Å². The molecule has 3 heteroatoms. The SMILES string of the molecule is Cc1ccc(C(C)(C)NC(C)CN2CCN(C)CC2)cc1. The molecule has 1 aromatic carbocycles. The number of nitrogens with one attached hydrogen (secondary N) is 1. The number of aryl methyl sites for hydroxylation is 1. The maximum Gasteiger partial charge on any atom is 0.0380 e. The van der Waals surface area contributed by atoms with Gasteiger partial charge in [0.05, 0.1) is 0 Å². The Hall–Kier alpha value is -0.900. The van der Waals surface area contributed by atoms with Gasteiger partial charge in [-0.2, -0.15) is 0 Å². The van der Waals surface area contributed by atoms with Gasteiger partial charge in [0, 0.05) is 44.3 Å². The lowest BCUT2D eigenvalue weighted by Gasteiger charge is -2.37. The molecular weight excluding hydrogens is 258 g/mol. The van der Waals surface area contributed by atoms with Crippen molar-refractivity contribution >= 4 is 0 Å². The molecular formula is C18H31N3. The molecule has 0 spiro atoms. The van der Waals surface area contributed by atoms with Crippen molar-refractivity contribution in [1.82, 2.24) is 15.1 Å². The molecule has 1 aliphatic heterocycles. The minimum Gasteiger partial charge on any atom is -0.304 e. The second-order valence-corrected chi connectivity index (χ2v) is 7.14. The van der Waals surface area contributed by atoms with Crippen LogP contribution in [0.25, 0.3) is 0 Å². The molecule has 1 N–H and O–H groups in total. The van der Waals surface area contributed by atoms with Gasteiger partial charge >= 0.3 is 0 Å². The fourth-order valence-electron chi connectivity index (χ4n) is 3.13. The van der Waals surface area contributed by atoms with E-state index in [0.717, 1.165) is 6.54 Å². The van der Waals surface area contributed by atoms with Gasteiger partial charge in [-0.25, -0.2) is 0 Å². The van der Waals surface area contributed by atoms with Crippen LogP contribution in [0.15, 0.2) is 24.3 Å². The first kappa shape index (κ1) is 16.5. The molecule has 0 aliphatic carbocycles. The van der Waals surface area contributed by atoms with Gasteiger partial charge in [-0.05, 0) is 40.3 Å². The van der Waals surface area contributed by atoms with Crippen molar-refractivity contribution in [2.45, 2.75) is 39.3 Å². The fraction of sp³-hybridized carbons (Fsp3) is 0.667. The van der Waals surface area contributed by atoms with E-state index in [1.807, 2.05) is 0 Å². The molecule has 21 heavy (non-hydrogen) atoms. The van der Waals surface area contributed by atoms with Gasteiger partial charge in [0.15, 0.2) is 0 Å². The Morgan fingerprint density at radius 1 is 1.10 bits per heavy atom. The quantitative estimate of drug-likeness (QED) is 0.898. The Morgan fingerprint density at radius 2 is 1.67 bits per heavy atom. The van der Waals surface area contributed by atoms with Gasteiger partial charge in [0.1, 0.15) is 0 Å². The van der Waals surface area contributed by atoms with Crippen LogP contribution in [0, 0.1) is 6.92 Å². The third-order valence-electron chi connectivity index (χ3n) is 4.51. The number of hydrogen-bond acceptors (Lipinski definition) is 3. The van der Waals surface area contributed by atoms with E-state index in [1.165, 1.54) is 37.3 Å². The zero-order chi connectivity index (χ0) is 15.5. The summed E-state index contributed by atoms with van der Waals surface area (Å²) in [6.07, 6.45) is 0. The molecule has 1 fully saturated rings. The van der Waals surface area contributed by atoms with E-state index in [-0.39, 0.29) is 5.54 Å². The molecule has 0 amide bonds. The first-order chi connectivity index (χ1) is 9.87. The van der Waals surface area contributed by atoms with Crippen LogP contribution >= 0.6 is 0 Å². The average molecular weight is 289 g/mol. The van der Waals surface area contributed by atoms with Crippen LogP contribution < -0.4 is 5.32 Å². The molecule has 118 valence electrons. The lowest BCUT2D eigenvalue weighted by Crippen LogP contribution is -2.51. The minimum absolute atomic E-state index is 0.0136. The molecule has 3 nitrogen and oxygen atoms in total. The average Bonchev–Trinajstić information content (AvgIpc) is 2.41. The van der Waals surface area contributed by atoms with Crippen LogP contribution in [0.1, 0.15) is 31.9 Å². The largest absolute Gasteiger partial charge is 0.304 e. The van der Waals surface area contributed by atoms with Crippen molar-refractivity contribution in [2.75, 3.05) is 39.8 Å². The predicted octanol–water partition coefficient (Wildman–Crippen LogP) is 2.46. The highest BCUT2D eigenvalue weighted by Gasteiger charge is 2.24. The van der Waals surface area contributed by atoms with E-state index < -0.39 is 0 Å². The normalized spacial score (nSPS) is 19.7. The molecule has 0 saturated carbocycles. The van der Waals surface area contributed by atoms with Gasteiger partial charge in [-0.3, -0.25) is 4.90 Å². The Morgan fingerprint density at radius 3 is 2.24 bits per heavy atom. The molecule has 1 saturated heterocycles. The Labute approximate surface area is 130 Å². The third kappa shape index (κ3) is 4.80. The van der Waals surface area contributed by atoms with E-state index in [1.54, 1.807) is 0 Å². The monoisotopic (exact) mass is 289 g/mol. The van der Waals surface area contributed by atoms with E-state index >= 15 is 0 Å². The summed E-state index contributed by atoms with van der Waals surface area (Å²) in [7, 11) is 2.21. The Bertz CT molecular complexity index is 430. The van der Waals surface area contributed by atoms with E-state index in [2.05, 4.69) is 74.1 Å². The molecule has 2 rings (SSSR count). The van der Waals surface area contributed by atoms with Gasteiger partial charge < -0.3 is 10.2 Å². The van der Waals surface area contributed by atoms with Gasteiger partial charge in [0.25, 0.3) is 0 Å². The molecule has 0 bridgehead atoms. The number of hydrogen-bond donors (Lipinski definition) is 1. The highest BCUT2D eigenvalue weighted by atomic mass is 15.3. The molecule has 1 aromatic rings. The van der Waals surface area contributed by atoms with Crippen molar-refractivity contribution in [2.24, 2.45) is 0 Å². The highest BCUT2D eigenvalue weighted by molar-refractivity contribution is 5.27. The summed E-state index contributed by atoms with van der Waals surface area (Å²) in [6.45, 7) is 14.9. The van der Waals surface area contributed by atoms with Crippen LogP contribution in [0.2, 0.25) is 0 Å². The zero-order valence-electron chi connectivity index (χ0n) is 14.3.